The van der Waals surface area contributed by atoms with Crippen LogP contribution in [0.5, 0.6) is 5.75 Å². The van der Waals surface area contributed by atoms with Crippen molar-refractivity contribution >= 4 is 17.5 Å². The molecular formula is C23H34N2O4. The van der Waals surface area contributed by atoms with Gasteiger partial charge in [-0.05, 0) is 75.6 Å². The van der Waals surface area contributed by atoms with Crippen molar-refractivity contribution in [1.29, 1.82) is 0 Å². The molecule has 29 heavy (non-hydrogen) atoms. The van der Waals surface area contributed by atoms with Gasteiger partial charge in [0.15, 0.2) is 6.61 Å². The van der Waals surface area contributed by atoms with E-state index >= 15 is 0 Å². The number of ether oxygens (including phenoxy) is 2. The first-order chi connectivity index (χ1) is 14.0. The highest BCUT2D eigenvalue weighted by Gasteiger charge is 2.42. The summed E-state index contributed by atoms with van der Waals surface area (Å²) in [5, 5.41) is 3.01. The topological polar surface area (TPSA) is 67.9 Å². The summed E-state index contributed by atoms with van der Waals surface area (Å²) in [6.07, 6.45) is 7.01. The Morgan fingerprint density at radius 2 is 1.86 bits per heavy atom. The van der Waals surface area contributed by atoms with Crippen LogP contribution in [0.3, 0.4) is 0 Å². The Morgan fingerprint density at radius 3 is 2.52 bits per heavy atom. The third-order valence-corrected chi connectivity index (χ3v) is 5.97. The first-order valence-electron chi connectivity index (χ1n) is 11.0. The van der Waals surface area contributed by atoms with E-state index in [1.807, 2.05) is 24.0 Å². The molecule has 1 aliphatic heterocycles. The van der Waals surface area contributed by atoms with Gasteiger partial charge in [0.2, 0.25) is 0 Å². The maximum atomic E-state index is 13.0. The molecule has 2 amide bonds. The molecule has 1 saturated carbocycles. The van der Waals surface area contributed by atoms with Crippen molar-refractivity contribution in [3.05, 3.63) is 24.3 Å². The minimum atomic E-state index is -0.734. The summed E-state index contributed by atoms with van der Waals surface area (Å²) in [5.74, 6) is 1.07. The number of piperidine rings is 1. The minimum Gasteiger partial charge on any atom is -0.484 e. The van der Waals surface area contributed by atoms with Gasteiger partial charge in [-0.1, -0.05) is 13.3 Å². The van der Waals surface area contributed by atoms with Gasteiger partial charge in [0.25, 0.3) is 11.8 Å². The number of anilines is 1. The molecule has 1 heterocycles. The molecule has 1 aromatic rings. The second-order valence-corrected chi connectivity index (χ2v) is 8.34. The van der Waals surface area contributed by atoms with Crippen LogP contribution in [-0.2, 0) is 14.3 Å². The van der Waals surface area contributed by atoms with E-state index in [-0.39, 0.29) is 18.4 Å². The minimum absolute atomic E-state index is 0.0344. The Labute approximate surface area is 173 Å². The van der Waals surface area contributed by atoms with Gasteiger partial charge in [0, 0.05) is 25.4 Å². The van der Waals surface area contributed by atoms with Crippen LogP contribution in [0.15, 0.2) is 24.3 Å². The number of carbonyl (C=O) groups is 2. The van der Waals surface area contributed by atoms with E-state index in [0.717, 1.165) is 51.6 Å². The summed E-state index contributed by atoms with van der Waals surface area (Å²) in [5.41, 5.74) is -0.0235. The van der Waals surface area contributed by atoms with Crippen LogP contribution in [-0.4, -0.2) is 48.6 Å². The number of hydrogen-bond acceptors (Lipinski definition) is 4. The van der Waals surface area contributed by atoms with Crippen LogP contribution in [0, 0.1) is 5.92 Å². The van der Waals surface area contributed by atoms with Crippen molar-refractivity contribution in [2.45, 2.75) is 64.4 Å². The Kier molecular flexibility index (Phi) is 7.53. The highest BCUT2D eigenvalue weighted by atomic mass is 16.5. The summed E-state index contributed by atoms with van der Waals surface area (Å²) >= 11 is 0. The SMILES string of the molecule is CCO[C@]1(C(=O)Nc2ccc(OCC(=O)N3CCCCC3)cc2)CCC[C@@H](C)C1. The molecule has 0 spiro atoms. The molecule has 6 heteroatoms. The largest absolute Gasteiger partial charge is 0.484 e. The Morgan fingerprint density at radius 1 is 1.14 bits per heavy atom. The van der Waals surface area contributed by atoms with E-state index in [1.54, 1.807) is 12.1 Å². The summed E-state index contributed by atoms with van der Waals surface area (Å²) in [7, 11) is 0. The predicted molar refractivity (Wildman–Crippen MR) is 113 cm³/mol. The van der Waals surface area contributed by atoms with Gasteiger partial charge in [-0.2, -0.15) is 0 Å². The standard InChI is InChI=1S/C23H34N2O4/c1-3-29-23(13-7-8-18(2)16-23)22(27)24-19-9-11-20(12-10-19)28-17-21(26)25-14-5-4-6-15-25/h9-12,18H,3-8,13-17H2,1-2H3,(H,24,27)/t18-,23-/m1/s1. The van der Waals surface area contributed by atoms with Crippen molar-refractivity contribution in [3.63, 3.8) is 0 Å². The fourth-order valence-corrected chi connectivity index (χ4v) is 4.44. The predicted octanol–water partition coefficient (Wildman–Crippen LogP) is 4.00. The molecule has 1 N–H and O–H groups in total. The number of nitrogens with zero attached hydrogens (tertiary/aromatic N) is 1. The maximum Gasteiger partial charge on any atom is 0.260 e. The van der Waals surface area contributed by atoms with Crippen LogP contribution in [0.25, 0.3) is 0 Å². The summed E-state index contributed by atoms with van der Waals surface area (Å²) in [6.45, 7) is 6.35. The summed E-state index contributed by atoms with van der Waals surface area (Å²) in [4.78, 5) is 27.1. The van der Waals surface area contributed by atoms with E-state index in [1.165, 1.54) is 6.42 Å². The molecule has 2 atom stereocenters. The van der Waals surface area contributed by atoms with E-state index in [0.29, 0.717) is 24.0 Å². The van der Waals surface area contributed by atoms with Crippen molar-refractivity contribution in [2.24, 2.45) is 5.92 Å². The van der Waals surface area contributed by atoms with Gasteiger partial charge in [-0.25, -0.2) is 0 Å². The highest BCUT2D eigenvalue weighted by molar-refractivity contribution is 5.97. The lowest BCUT2D eigenvalue weighted by molar-refractivity contribution is -0.147. The molecule has 2 fully saturated rings. The lowest BCUT2D eigenvalue weighted by atomic mass is 9.78. The van der Waals surface area contributed by atoms with Crippen LogP contribution in [0.1, 0.15) is 58.8 Å². The quantitative estimate of drug-likeness (QED) is 0.748. The van der Waals surface area contributed by atoms with Gasteiger partial charge in [-0.15, -0.1) is 0 Å². The Hall–Kier alpha value is -2.08. The molecular weight excluding hydrogens is 368 g/mol. The summed E-state index contributed by atoms with van der Waals surface area (Å²) < 4.78 is 11.6. The molecule has 2 aliphatic rings. The molecule has 3 rings (SSSR count). The fourth-order valence-electron chi connectivity index (χ4n) is 4.44. The third-order valence-electron chi connectivity index (χ3n) is 5.97. The van der Waals surface area contributed by atoms with Gasteiger partial charge in [0.05, 0.1) is 0 Å². The zero-order valence-corrected chi connectivity index (χ0v) is 17.7. The van der Waals surface area contributed by atoms with Crippen molar-refractivity contribution in [3.8, 4) is 5.75 Å². The van der Waals surface area contributed by atoms with Crippen LogP contribution >= 0.6 is 0 Å². The molecule has 1 aliphatic carbocycles. The number of likely N-dealkylation sites (tertiary alicyclic amines) is 1. The van der Waals surface area contributed by atoms with E-state index in [9.17, 15) is 9.59 Å². The molecule has 6 nitrogen and oxygen atoms in total. The van der Waals surface area contributed by atoms with Crippen molar-refractivity contribution in [2.75, 3.05) is 31.6 Å². The molecule has 0 radical (unpaired) electrons. The average molecular weight is 403 g/mol. The first-order valence-corrected chi connectivity index (χ1v) is 11.0. The van der Waals surface area contributed by atoms with E-state index in [2.05, 4.69) is 12.2 Å². The van der Waals surface area contributed by atoms with Crippen LogP contribution < -0.4 is 10.1 Å². The van der Waals surface area contributed by atoms with E-state index in [4.69, 9.17) is 9.47 Å². The van der Waals surface area contributed by atoms with Gasteiger partial charge < -0.3 is 19.7 Å². The first kappa shape index (κ1) is 21.6. The number of benzene rings is 1. The average Bonchev–Trinajstić information content (AvgIpc) is 2.74. The monoisotopic (exact) mass is 402 g/mol. The number of nitrogens with one attached hydrogen (secondary N) is 1. The molecule has 160 valence electrons. The smallest absolute Gasteiger partial charge is 0.260 e. The molecule has 0 unspecified atom stereocenters. The highest BCUT2D eigenvalue weighted by Crippen LogP contribution is 2.36. The second-order valence-electron chi connectivity index (χ2n) is 8.34. The van der Waals surface area contributed by atoms with E-state index < -0.39 is 5.60 Å². The molecule has 1 aromatic carbocycles. The number of rotatable bonds is 7. The molecule has 0 bridgehead atoms. The van der Waals surface area contributed by atoms with Gasteiger partial charge >= 0.3 is 0 Å². The maximum absolute atomic E-state index is 13.0. The molecule has 0 aromatic heterocycles. The van der Waals surface area contributed by atoms with Crippen LogP contribution in [0.4, 0.5) is 5.69 Å². The number of carbonyl (C=O) groups excluding carboxylic acids is 2. The number of hydrogen-bond donors (Lipinski definition) is 1. The third kappa shape index (κ3) is 5.72. The summed E-state index contributed by atoms with van der Waals surface area (Å²) in [6, 6.07) is 7.20. The van der Waals surface area contributed by atoms with Gasteiger partial charge in [-0.3, -0.25) is 9.59 Å². The van der Waals surface area contributed by atoms with Crippen molar-refractivity contribution < 1.29 is 19.1 Å². The van der Waals surface area contributed by atoms with Gasteiger partial charge in [0.1, 0.15) is 11.4 Å². The van der Waals surface area contributed by atoms with Crippen molar-refractivity contribution in [1.82, 2.24) is 4.90 Å². The lowest BCUT2D eigenvalue weighted by Gasteiger charge is -2.38. The Balaban J connectivity index is 1.54. The zero-order chi connectivity index (χ0) is 20.7. The normalized spacial score (nSPS) is 24.8. The Bertz CT molecular complexity index is 681. The lowest BCUT2D eigenvalue weighted by Crippen LogP contribution is -2.48. The number of amides is 2. The second kappa shape index (κ2) is 10.1. The molecule has 1 saturated heterocycles. The van der Waals surface area contributed by atoms with Crippen LogP contribution in [0.2, 0.25) is 0 Å². The fraction of sp³-hybridized carbons (Fsp3) is 0.652. The zero-order valence-electron chi connectivity index (χ0n) is 17.7.